The van der Waals surface area contributed by atoms with Crippen molar-refractivity contribution in [2.24, 2.45) is 5.41 Å². The van der Waals surface area contributed by atoms with Crippen LogP contribution in [0, 0.1) is 19.3 Å². The molecule has 0 amide bonds. The highest BCUT2D eigenvalue weighted by molar-refractivity contribution is 5.29. The number of hydrogen-bond acceptors (Lipinski definition) is 2. The van der Waals surface area contributed by atoms with Gasteiger partial charge in [-0.1, -0.05) is 24.6 Å². The minimum absolute atomic E-state index is 0.189. The van der Waals surface area contributed by atoms with E-state index in [1.807, 2.05) is 0 Å². The minimum Gasteiger partial charge on any atom is -0.396 e. The van der Waals surface area contributed by atoms with Gasteiger partial charge < -0.3 is 10.0 Å². The molecule has 0 atom stereocenters. The van der Waals surface area contributed by atoms with Gasteiger partial charge >= 0.3 is 0 Å². The van der Waals surface area contributed by atoms with Crippen molar-refractivity contribution in [3.8, 4) is 0 Å². The molecule has 0 saturated heterocycles. The summed E-state index contributed by atoms with van der Waals surface area (Å²) in [6.45, 7) is 6.64. The van der Waals surface area contributed by atoms with Gasteiger partial charge in [0.25, 0.3) is 0 Å². The lowest BCUT2D eigenvalue weighted by Gasteiger charge is -2.43. The summed E-state index contributed by atoms with van der Waals surface area (Å²) in [5, 5.41) is 9.51. The van der Waals surface area contributed by atoms with Crippen LogP contribution in [0.2, 0.25) is 0 Å². The molecule has 0 aromatic heterocycles. The van der Waals surface area contributed by atoms with Crippen molar-refractivity contribution >= 4 is 0 Å². The maximum atomic E-state index is 9.51. The highest BCUT2D eigenvalue weighted by Crippen LogP contribution is 2.40. The Bertz CT molecular complexity index is 404. The zero-order chi connectivity index (χ0) is 13.2. The van der Waals surface area contributed by atoms with Crippen molar-refractivity contribution < 1.29 is 5.11 Å². The third kappa shape index (κ3) is 2.93. The average molecular weight is 247 g/mol. The van der Waals surface area contributed by atoms with Crippen molar-refractivity contribution in [3.63, 3.8) is 0 Å². The average Bonchev–Trinajstić information content (AvgIpc) is 2.29. The molecule has 0 radical (unpaired) electrons. The predicted octanol–water partition coefficient (Wildman–Crippen LogP) is 2.90. The quantitative estimate of drug-likeness (QED) is 0.865. The first-order valence-corrected chi connectivity index (χ1v) is 6.90. The standard InChI is InChI=1S/C16H25NO/c1-13-5-6-15(9-14(13)2)10-17(3)11-16(12-18)7-4-8-16/h5-6,9,18H,4,7-8,10-12H2,1-3H3. The number of rotatable bonds is 5. The van der Waals surface area contributed by atoms with Gasteiger partial charge in [0.1, 0.15) is 0 Å². The molecular weight excluding hydrogens is 222 g/mol. The molecule has 100 valence electrons. The lowest BCUT2D eigenvalue weighted by atomic mass is 9.69. The first-order valence-electron chi connectivity index (χ1n) is 6.90. The third-order valence-corrected chi connectivity index (χ3v) is 4.38. The number of aliphatic hydroxyl groups excluding tert-OH is 1. The van der Waals surface area contributed by atoms with Gasteiger partial charge in [-0.15, -0.1) is 0 Å². The molecule has 1 aromatic carbocycles. The van der Waals surface area contributed by atoms with E-state index in [9.17, 15) is 5.11 Å². The van der Waals surface area contributed by atoms with Crippen LogP contribution in [0.25, 0.3) is 0 Å². The third-order valence-electron chi connectivity index (χ3n) is 4.38. The molecule has 0 spiro atoms. The fourth-order valence-corrected chi connectivity index (χ4v) is 2.89. The zero-order valence-corrected chi connectivity index (χ0v) is 11.9. The van der Waals surface area contributed by atoms with Gasteiger partial charge in [0, 0.05) is 25.1 Å². The lowest BCUT2D eigenvalue weighted by Crippen LogP contribution is -2.43. The van der Waals surface area contributed by atoms with Crippen LogP contribution in [0.4, 0.5) is 0 Å². The zero-order valence-electron chi connectivity index (χ0n) is 11.9. The molecule has 1 saturated carbocycles. The molecule has 0 aliphatic heterocycles. The van der Waals surface area contributed by atoms with Crippen LogP contribution in [-0.4, -0.2) is 30.2 Å². The predicted molar refractivity (Wildman–Crippen MR) is 75.6 cm³/mol. The Hall–Kier alpha value is -0.860. The molecule has 2 rings (SSSR count). The van der Waals surface area contributed by atoms with E-state index in [2.05, 4.69) is 44.0 Å². The summed E-state index contributed by atoms with van der Waals surface area (Å²) in [4.78, 5) is 2.35. The summed E-state index contributed by atoms with van der Waals surface area (Å²) < 4.78 is 0. The van der Waals surface area contributed by atoms with E-state index in [1.54, 1.807) is 0 Å². The molecule has 18 heavy (non-hydrogen) atoms. The number of hydrogen-bond donors (Lipinski definition) is 1. The summed E-state index contributed by atoms with van der Waals surface area (Å²) in [5.74, 6) is 0. The van der Waals surface area contributed by atoms with Crippen LogP contribution in [0.3, 0.4) is 0 Å². The van der Waals surface area contributed by atoms with E-state index in [4.69, 9.17) is 0 Å². The van der Waals surface area contributed by atoms with Gasteiger partial charge in [-0.25, -0.2) is 0 Å². The largest absolute Gasteiger partial charge is 0.396 e. The number of benzene rings is 1. The Kier molecular flexibility index (Phi) is 4.08. The molecule has 1 aliphatic rings. The number of aryl methyl sites for hydroxylation is 2. The van der Waals surface area contributed by atoms with Crippen molar-refractivity contribution in [1.29, 1.82) is 0 Å². The summed E-state index contributed by atoms with van der Waals surface area (Å²) in [6, 6.07) is 6.69. The van der Waals surface area contributed by atoms with Gasteiger partial charge in [-0.3, -0.25) is 0 Å². The minimum atomic E-state index is 0.189. The van der Waals surface area contributed by atoms with Crippen LogP contribution in [0.1, 0.15) is 36.0 Å². The molecule has 2 nitrogen and oxygen atoms in total. The Balaban J connectivity index is 1.94. The van der Waals surface area contributed by atoms with Crippen molar-refractivity contribution in [3.05, 3.63) is 34.9 Å². The van der Waals surface area contributed by atoms with E-state index >= 15 is 0 Å². The lowest BCUT2D eigenvalue weighted by molar-refractivity contribution is 0.0127. The Morgan fingerprint density at radius 3 is 2.44 bits per heavy atom. The second-order valence-corrected chi connectivity index (χ2v) is 6.10. The molecule has 2 heteroatoms. The van der Waals surface area contributed by atoms with Crippen LogP contribution in [0.15, 0.2) is 18.2 Å². The Morgan fingerprint density at radius 2 is 1.94 bits per heavy atom. The van der Waals surface area contributed by atoms with E-state index in [1.165, 1.54) is 36.0 Å². The van der Waals surface area contributed by atoms with Gasteiger partial charge in [0.2, 0.25) is 0 Å². The summed E-state index contributed by atoms with van der Waals surface area (Å²) in [5.41, 5.74) is 4.27. The molecular formula is C16H25NO. The summed E-state index contributed by atoms with van der Waals surface area (Å²) >= 11 is 0. The van der Waals surface area contributed by atoms with Gasteiger partial charge in [0.05, 0.1) is 0 Å². The number of aliphatic hydroxyl groups is 1. The Morgan fingerprint density at radius 1 is 1.22 bits per heavy atom. The van der Waals surface area contributed by atoms with Crippen LogP contribution in [-0.2, 0) is 6.54 Å². The second kappa shape index (κ2) is 5.41. The van der Waals surface area contributed by atoms with Gasteiger partial charge in [-0.2, -0.15) is 0 Å². The first-order chi connectivity index (χ1) is 8.54. The summed E-state index contributed by atoms with van der Waals surface area (Å²) in [6.07, 6.45) is 3.64. The molecule has 0 unspecified atom stereocenters. The topological polar surface area (TPSA) is 23.5 Å². The smallest absolute Gasteiger partial charge is 0.0499 e. The fraction of sp³-hybridized carbons (Fsp3) is 0.625. The maximum absolute atomic E-state index is 9.51. The van der Waals surface area contributed by atoms with Crippen molar-refractivity contribution in [2.45, 2.75) is 39.7 Å². The normalized spacial score (nSPS) is 17.8. The van der Waals surface area contributed by atoms with E-state index in [-0.39, 0.29) is 5.41 Å². The Labute approximate surface area is 111 Å². The molecule has 1 fully saturated rings. The summed E-state index contributed by atoms with van der Waals surface area (Å²) in [7, 11) is 2.16. The highest BCUT2D eigenvalue weighted by Gasteiger charge is 2.37. The van der Waals surface area contributed by atoms with Crippen LogP contribution in [0.5, 0.6) is 0 Å². The maximum Gasteiger partial charge on any atom is 0.0499 e. The van der Waals surface area contributed by atoms with E-state index in [0.717, 1.165) is 13.1 Å². The van der Waals surface area contributed by atoms with Crippen molar-refractivity contribution in [2.75, 3.05) is 20.2 Å². The van der Waals surface area contributed by atoms with E-state index in [0.29, 0.717) is 6.61 Å². The molecule has 1 N–H and O–H groups in total. The van der Waals surface area contributed by atoms with Gasteiger partial charge in [-0.05, 0) is 50.4 Å². The van der Waals surface area contributed by atoms with E-state index < -0.39 is 0 Å². The van der Waals surface area contributed by atoms with Gasteiger partial charge in [0.15, 0.2) is 0 Å². The molecule has 1 aromatic rings. The van der Waals surface area contributed by atoms with Crippen molar-refractivity contribution in [1.82, 2.24) is 4.90 Å². The fourth-order valence-electron chi connectivity index (χ4n) is 2.89. The first kappa shape index (κ1) is 13.6. The monoisotopic (exact) mass is 247 g/mol. The number of nitrogens with zero attached hydrogens (tertiary/aromatic N) is 1. The SMILES string of the molecule is Cc1ccc(CN(C)CC2(CO)CCC2)cc1C. The second-order valence-electron chi connectivity index (χ2n) is 6.10. The molecule has 1 aliphatic carbocycles. The highest BCUT2D eigenvalue weighted by atomic mass is 16.3. The molecule has 0 bridgehead atoms. The molecule has 0 heterocycles. The van der Waals surface area contributed by atoms with Crippen LogP contribution >= 0.6 is 0 Å². The van der Waals surface area contributed by atoms with Crippen LogP contribution < -0.4 is 0 Å².